The number of ether oxygens (including phenoxy) is 1. The lowest BCUT2D eigenvalue weighted by Crippen LogP contribution is -2.34. The largest absolute Gasteiger partial charge is 0.497 e. The van der Waals surface area contributed by atoms with Gasteiger partial charge in [-0.05, 0) is 44.0 Å². The van der Waals surface area contributed by atoms with Gasteiger partial charge in [0.15, 0.2) is 0 Å². The van der Waals surface area contributed by atoms with Crippen LogP contribution in [0.1, 0.15) is 54.7 Å². The fourth-order valence-electron chi connectivity index (χ4n) is 2.90. The second-order valence-electron chi connectivity index (χ2n) is 6.82. The molecule has 0 aliphatic rings. The highest BCUT2D eigenvalue weighted by atomic mass is 16.5. The summed E-state index contributed by atoms with van der Waals surface area (Å²) in [6.45, 7) is 10.1. The summed E-state index contributed by atoms with van der Waals surface area (Å²) in [5.74, 6) is 0.290. The van der Waals surface area contributed by atoms with Gasteiger partial charge in [0.25, 0.3) is 11.5 Å². The summed E-state index contributed by atoms with van der Waals surface area (Å²) >= 11 is 0. The van der Waals surface area contributed by atoms with Crippen molar-refractivity contribution in [1.29, 1.82) is 0 Å². The van der Waals surface area contributed by atoms with E-state index in [1.807, 2.05) is 31.2 Å². The Bertz CT molecular complexity index is 917. The van der Waals surface area contributed by atoms with Gasteiger partial charge in [-0.3, -0.25) is 9.59 Å². The number of methoxy groups -OCH3 is 1. The third-order valence-electron chi connectivity index (χ3n) is 4.89. The molecule has 6 nitrogen and oxygen atoms in total. The van der Waals surface area contributed by atoms with Crippen LogP contribution in [0.15, 0.2) is 47.9 Å². The lowest BCUT2D eigenvalue weighted by Gasteiger charge is -2.21. The van der Waals surface area contributed by atoms with E-state index >= 15 is 0 Å². The van der Waals surface area contributed by atoms with Gasteiger partial charge in [0.1, 0.15) is 11.3 Å². The van der Waals surface area contributed by atoms with Gasteiger partial charge < -0.3 is 19.9 Å². The van der Waals surface area contributed by atoms with Gasteiger partial charge in [-0.15, -0.1) is 0 Å². The van der Waals surface area contributed by atoms with Crippen LogP contribution in [0.2, 0.25) is 0 Å². The van der Waals surface area contributed by atoms with Crippen LogP contribution in [0, 0.1) is 0 Å². The molecule has 0 radical (unpaired) electrons. The predicted molar refractivity (Wildman–Crippen MR) is 113 cm³/mol. The first-order valence-electron chi connectivity index (χ1n) is 9.40. The number of amides is 1. The number of aromatic nitrogens is 1. The Kier molecular flexibility index (Phi) is 7.04. The molecule has 2 atom stereocenters. The van der Waals surface area contributed by atoms with Gasteiger partial charge in [-0.1, -0.05) is 25.6 Å². The number of nitrogens with one attached hydrogen (secondary N) is 2. The molecule has 0 saturated carbocycles. The predicted octanol–water partition coefficient (Wildman–Crippen LogP) is 3.18. The molecule has 2 aromatic rings. The van der Waals surface area contributed by atoms with Crippen LogP contribution in [-0.2, 0) is 0 Å². The summed E-state index contributed by atoms with van der Waals surface area (Å²) in [6.07, 6.45) is 2.68. The maximum atomic E-state index is 13.0. The van der Waals surface area contributed by atoms with Gasteiger partial charge in [0.2, 0.25) is 0 Å². The number of hydrogen-bond donors (Lipinski definition) is 2. The Morgan fingerprint density at radius 3 is 2.61 bits per heavy atom. The Morgan fingerprint density at radius 1 is 1.29 bits per heavy atom. The molecule has 0 aliphatic carbocycles. The second-order valence-corrected chi connectivity index (χ2v) is 6.82. The average molecular weight is 383 g/mol. The van der Waals surface area contributed by atoms with Gasteiger partial charge in [-0.25, -0.2) is 0 Å². The third kappa shape index (κ3) is 4.63. The molecule has 1 aromatic heterocycles. The topological polar surface area (TPSA) is 72.4 Å². The minimum Gasteiger partial charge on any atom is -0.497 e. The summed E-state index contributed by atoms with van der Waals surface area (Å²) in [6, 6.07) is 9.07. The number of carbonyl (C=O) groups is 1. The molecule has 2 unspecified atom stereocenters. The highest BCUT2D eigenvalue weighted by Gasteiger charge is 2.19. The van der Waals surface area contributed by atoms with E-state index in [4.69, 9.17) is 4.74 Å². The minimum atomic E-state index is -0.421. The molecule has 0 bridgehead atoms. The molecule has 1 heterocycles. The van der Waals surface area contributed by atoms with Gasteiger partial charge >= 0.3 is 0 Å². The molecule has 28 heavy (non-hydrogen) atoms. The summed E-state index contributed by atoms with van der Waals surface area (Å²) < 4.78 is 6.86. The van der Waals surface area contributed by atoms with Crippen LogP contribution >= 0.6 is 0 Å². The SMILES string of the molecule is C=C(NC(C)CC)c1cc(C(=O)NC)c(=O)n(C(C)c2cccc(OC)c2)c1. The molecule has 0 fully saturated rings. The van der Waals surface area contributed by atoms with Crippen molar-refractivity contribution in [3.8, 4) is 5.75 Å². The zero-order valence-electron chi connectivity index (χ0n) is 17.2. The Labute approximate surface area is 166 Å². The van der Waals surface area contributed by atoms with E-state index in [-0.39, 0.29) is 23.2 Å². The van der Waals surface area contributed by atoms with Crippen molar-refractivity contribution in [2.75, 3.05) is 14.2 Å². The molecular weight excluding hydrogens is 354 g/mol. The van der Waals surface area contributed by atoms with Crippen molar-refractivity contribution in [3.05, 3.63) is 70.2 Å². The van der Waals surface area contributed by atoms with Crippen molar-refractivity contribution in [2.45, 2.75) is 39.3 Å². The highest BCUT2D eigenvalue weighted by Crippen LogP contribution is 2.23. The molecule has 0 spiro atoms. The highest BCUT2D eigenvalue weighted by molar-refractivity contribution is 5.94. The van der Waals surface area contributed by atoms with Gasteiger partial charge in [-0.2, -0.15) is 0 Å². The zero-order valence-corrected chi connectivity index (χ0v) is 17.2. The fourth-order valence-corrected chi connectivity index (χ4v) is 2.90. The Balaban J connectivity index is 2.58. The summed E-state index contributed by atoms with van der Waals surface area (Å²) in [4.78, 5) is 25.3. The monoisotopic (exact) mass is 383 g/mol. The Hall–Kier alpha value is -3.02. The van der Waals surface area contributed by atoms with Crippen LogP contribution in [-0.4, -0.2) is 30.7 Å². The van der Waals surface area contributed by atoms with E-state index in [2.05, 4.69) is 31.1 Å². The average Bonchev–Trinajstić information content (AvgIpc) is 2.72. The first kappa shape index (κ1) is 21.3. The molecular formula is C22H29N3O3. The molecule has 150 valence electrons. The summed E-state index contributed by atoms with van der Waals surface area (Å²) in [5.41, 5.74) is 2.01. The quantitative estimate of drug-likeness (QED) is 0.734. The molecule has 6 heteroatoms. The van der Waals surface area contributed by atoms with E-state index in [0.29, 0.717) is 17.0 Å². The van der Waals surface area contributed by atoms with Crippen molar-refractivity contribution in [3.63, 3.8) is 0 Å². The lowest BCUT2D eigenvalue weighted by atomic mass is 10.1. The zero-order chi connectivity index (χ0) is 20.8. The Morgan fingerprint density at radius 2 is 2.00 bits per heavy atom. The van der Waals surface area contributed by atoms with Crippen LogP contribution in [0.3, 0.4) is 0 Å². The number of benzene rings is 1. The van der Waals surface area contributed by atoms with Crippen molar-refractivity contribution in [2.24, 2.45) is 0 Å². The number of pyridine rings is 1. The second kappa shape index (κ2) is 9.26. The van der Waals surface area contributed by atoms with Crippen LogP contribution in [0.4, 0.5) is 0 Å². The van der Waals surface area contributed by atoms with Gasteiger partial charge in [0.05, 0.1) is 13.2 Å². The summed E-state index contributed by atoms with van der Waals surface area (Å²) in [5, 5.41) is 5.85. The molecule has 2 N–H and O–H groups in total. The van der Waals surface area contributed by atoms with E-state index in [1.165, 1.54) is 7.05 Å². The van der Waals surface area contributed by atoms with E-state index in [9.17, 15) is 9.59 Å². The molecule has 0 aliphatic heterocycles. The van der Waals surface area contributed by atoms with Crippen molar-refractivity contribution in [1.82, 2.24) is 15.2 Å². The number of carbonyl (C=O) groups excluding carboxylic acids is 1. The van der Waals surface area contributed by atoms with Gasteiger partial charge in [0, 0.05) is 30.5 Å². The third-order valence-corrected chi connectivity index (χ3v) is 4.89. The standard InChI is InChI=1S/C22H29N3O3/c1-7-14(2)24-15(3)18-12-20(21(26)23-5)22(27)25(13-18)16(4)17-9-8-10-19(11-17)28-6/h8-14,16,24H,3,7H2,1-2,4-6H3,(H,23,26). The smallest absolute Gasteiger partial charge is 0.263 e. The number of rotatable bonds is 8. The number of nitrogens with zero attached hydrogens (tertiary/aromatic N) is 1. The first-order chi connectivity index (χ1) is 13.3. The van der Waals surface area contributed by atoms with E-state index in [1.54, 1.807) is 23.9 Å². The van der Waals surface area contributed by atoms with Crippen LogP contribution in [0.5, 0.6) is 5.75 Å². The normalized spacial score (nSPS) is 12.8. The van der Waals surface area contributed by atoms with Crippen molar-refractivity contribution < 1.29 is 9.53 Å². The first-order valence-corrected chi connectivity index (χ1v) is 9.40. The fraction of sp³-hybridized carbons (Fsp3) is 0.364. The maximum Gasteiger partial charge on any atom is 0.263 e. The van der Waals surface area contributed by atoms with E-state index < -0.39 is 5.91 Å². The molecule has 0 saturated heterocycles. The van der Waals surface area contributed by atoms with Crippen molar-refractivity contribution >= 4 is 11.6 Å². The molecule has 2 rings (SSSR count). The molecule has 1 aromatic carbocycles. The van der Waals surface area contributed by atoms with E-state index in [0.717, 1.165) is 12.0 Å². The summed E-state index contributed by atoms with van der Waals surface area (Å²) in [7, 11) is 3.11. The lowest BCUT2D eigenvalue weighted by molar-refractivity contribution is 0.0961. The molecule has 1 amide bonds. The number of hydrogen-bond acceptors (Lipinski definition) is 4. The maximum absolute atomic E-state index is 13.0. The van der Waals surface area contributed by atoms with Crippen LogP contribution < -0.4 is 20.9 Å². The minimum absolute atomic E-state index is 0.0850. The van der Waals surface area contributed by atoms with Crippen LogP contribution in [0.25, 0.3) is 5.70 Å².